The van der Waals surface area contributed by atoms with Gasteiger partial charge in [-0.25, -0.2) is 4.79 Å². The maximum Gasteiger partial charge on any atom is 0.410 e. The zero-order chi connectivity index (χ0) is 18.8. The van der Waals surface area contributed by atoms with Crippen LogP contribution < -0.4 is 4.74 Å². The fourth-order valence-electron chi connectivity index (χ4n) is 3.62. The molecule has 5 nitrogen and oxygen atoms in total. The van der Waals surface area contributed by atoms with E-state index in [4.69, 9.17) is 9.47 Å². The van der Waals surface area contributed by atoms with Crippen LogP contribution in [-0.4, -0.2) is 41.3 Å². The number of carbonyl (C=O) groups is 1. The molecule has 2 aromatic carbocycles. The summed E-state index contributed by atoms with van der Waals surface area (Å²) in [5.74, 6) is 0.832. The van der Waals surface area contributed by atoms with Crippen molar-refractivity contribution in [3.8, 4) is 5.75 Å². The smallest absolute Gasteiger partial charge is 0.410 e. The van der Waals surface area contributed by atoms with Gasteiger partial charge in [0, 0.05) is 23.1 Å². The van der Waals surface area contributed by atoms with Crippen molar-refractivity contribution < 1.29 is 14.3 Å². The molecule has 1 saturated heterocycles. The molecule has 0 saturated carbocycles. The molecule has 0 bridgehead atoms. The Hall–Kier alpha value is -2.95. The van der Waals surface area contributed by atoms with Crippen LogP contribution in [0.5, 0.6) is 5.75 Å². The molecule has 3 aromatic rings. The number of rotatable bonds is 6. The highest BCUT2D eigenvalue weighted by molar-refractivity contribution is 5.83. The summed E-state index contributed by atoms with van der Waals surface area (Å²) in [5, 5.41) is 1.20. The molecule has 5 heteroatoms. The van der Waals surface area contributed by atoms with Crippen molar-refractivity contribution in [2.75, 3.05) is 13.2 Å². The van der Waals surface area contributed by atoms with Gasteiger partial charge in [0.25, 0.3) is 0 Å². The first kappa shape index (κ1) is 17.5. The molecule has 140 valence electrons. The van der Waals surface area contributed by atoms with Gasteiger partial charge < -0.3 is 19.4 Å². The molecule has 1 N–H and O–H groups in total. The highest BCUT2D eigenvalue weighted by atomic mass is 16.6. The quantitative estimate of drug-likeness (QED) is 0.709. The van der Waals surface area contributed by atoms with Gasteiger partial charge in [-0.1, -0.05) is 36.4 Å². The van der Waals surface area contributed by atoms with Crippen molar-refractivity contribution in [2.24, 2.45) is 0 Å². The van der Waals surface area contributed by atoms with Crippen LogP contribution >= 0.6 is 0 Å². The van der Waals surface area contributed by atoms with E-state index in [2.05, 4.69) is 24.0 Å². The summed E-state index contributed by atoms with van der Waals surface area (Å²) in [6, 6.07) is 16.1. The van der Waals surface area contributed by atoms with Crippen LogP contribution in [0.15, 0.2) is 54.7 Å². The Morgan fingerprint density at radius 1 is 1.22 bits per heavy atom. The number of amides is 1. The molecule has 1 unspecified atom stereocenters. The standard InChI is InChI=1S/C22H24N2O3/c1-15-7-3-6-10-21(15)26-14-18-13-24(22(25)27-18)16(2)11-17-12-23-20-9-5-4-8-19(17)20/h3-10,12,16,18,23H,11,13-14H2,1-2H3/t16-,18?/m1/s1. The largest absolute Gasteiger partial charge is 0.489 e. The monoisotopic (exact) mass is 364 g/mol. The number of H-pyrrole nitrogens is 1. The summed E-state index contributed by atoms with van der Waals surface area (Å²) >= 11 is 0. The number of hydrogen-bond acceptors (Lipinski definition) is 3. The average molecular weight is 364 g/mol. The Bertz CT molecular complexity index is 949. The Kier molecular flexibility index (Phi) is 4.75. The number of aromatic nitrogens is 1. The second kappa shape index (κ2) is 7.35. The van der Waals surface area contributed by atoms with Gasteiger partial charge in [-0.2, -0.15) is 0 Å². The Balaban J connectivity index is 1.38. The number of para-hydroxylation sites is 2. The number of nitrogens with zero attached hydrogens (tertiary/aromatic N) is 1. The zero-order valence-electron chi connectivity index (χ0n) is 15.6. The van der Waals surface area contributed by atoms with E-state index in [1.165, 1.54) is 10.9 Å². The topological polar surface area (TPSA) is 54.6 Å². The third-order valence-corrected chi connectivity index (χ3v) is 5.14. The number of ether oxygens (including phenoxy) is 2. The van der Waals surface area contributed by atoms with E-state index in [0.29, 0.717) is 13.2 Å². The minimum atomic E-state index is -0.263. The Morgan fingerprint density at radius 2 is 2.00 bits per heavy atom. The number of fused-ring (bicyclic) bond motifs is 1. The number of cyclic esters (lactones) is 1. The predicted octanol–water partition coefficient (Wildman–Crippen LogP) is 4.31. The summed E-state index contributed by atoms with van der Waals surface area (Å²) in [6.07, 6.45) is 2.30. The van der Waals surface area contributed by atoms with E-state index < -0.39 is 0 Å². The minimum Gasteiger partial charge on any atom is -0.489 e. The molecule has 1 aliphatic rings. The van der Waals surface area contributed by atoms with Crippen LogP contribution in [0.2, 0.25) is 0 Å². The molecule has 1 aliphatic heterocycles. The number of benzene rings is 2. The fourth-order valence-corrected chi connectivity index (χ4v) is 3.62. The first-order valence-corrected chi connectivity index (χ1v) is 9.32. The van der Waals surface area contributed by atoms with Gasteiger partial charge in [0.05, 0.1) is 6.54 Å². The van der Waals surface area contributed by atoms with E-state index in [9.17, 15) is 4.79 Å². The average Bonchev–Trinajstić information content (AvgIpc) is 3.25. The van der Waals surface area contributed by atoms with E-state index in [0.717, 1.165) is 23.3 Å². The SMILES string of the molecule is Cc1ccccc1OCC1CN([C@H](C)Cc2c[nH]c3ccccc23)C(=O)O1. The van der Waals surface area contributed by atoms with E-state index in [-0.39, 0.29) is 18.2 Å². The maximum atomic E-state index is 12.3. The van der Waals surface area contributed by atoms with Crippen LogP contribution in [0.25, 0.3) is 10.9 Å². The minimum absolute atomic E-state index is 0.0557. The van der Waals surface area contributed by atoms with Gasteiger partial charge in [0.2, 0.25) is 0 Å². The van der Waals surface area contributed by atoms with Gasteiger partial charge in [-0.05, 0) is 43.5 Å². The third kappa shape index (κ3) is 3.63. The van der Waals surface area contributed by atoms with Crippen LogP contribution in [0.3, 0.4) is 0 Å². The molecular formula is C22H24N2O3. The predicted molar refractivity (Wildman–Crippen MR) is 105 cm³/mol. The van der Waals surface area contributed by atoms with Crippen molar-refractivity contribution in [1.29, 1.82) is 0 Å². The molecule has 1 fully saturated rings. The molecule has 0 aliphatic carbocycles. The third-order valence-electron chi connectivity index (χ3n) is 5.14. The van der Waals surface area contributed by atoms with E-state index >= 15 is 0 Å². The molecule has 2 heterocycles. The summed E-state index contributed by atoms with van der Waals surface area (Å²) in [4.78, 5) is 17.4. The normalized spacial score (nSPS) is 17.9. The summed E-state index contributed by atoms with van der Waals surface area (Å²) in [7, 11) is 0. The van der Waals surface area contributed by atoms with Gasteiger partial charge in [0.15, 0.2) is 6.10 Å². The number of carbonyl (C=O) groups excluding carboxylic acids is 1. The molecule has 1 aromatic heterocycles. The van der Waals surface area contributed by atoms with Crippen LogP contribution in [0.1, 0.15) is 18.1 Å². The van der Waals surface area contributed by atoms with Crippen LogP contribution in [0.4, 0.5) is 4.79 Å². The zero-order valence-corrected chi connectivity index (χ0v) is 15.6. The first-order chi connectivity index (χ1) is 13.1. The lowest BCUT2D eigenvalue weighted by atomic mass is 10.1. The molecule has 27 heavy (non-hydrogen) atoms. The second-order valence-corrected chi connectivity index (χ2v) is 7.15. The molecule has 0 radical (unpaired) electrons. The highest BCUT2D eigenvalue weighted by Gasteiger charge is 2.35. The van der Waals surface area contributed by atoms with Gasteiger partial charge in [-0.15, -0.1) is 0 Å². The number of aryl methyl sites for hydroxylation is 1. The lowest BCUT2D eigenvalue weighted by Gasteiger charge is -2.21. The Morgan fingerprint density at radius 3 is 2.85 bits per heavy atom. The van der Waals surface area contributed by atoms with Gasteiger partial charge in [0.1, 0.15) is 12.4 Å². The second-order valence-electron chi connectivity index (χ2n) is 7.15. The molecule has 4 rings (SSSR count). The van der Waals surface area contributed by atoms with Crippen molar-refractivity contribution >= 4 is 17.0 Å². The number of aromatic amines is 1. The van der Waals surface area contributed by atoms with Crippen molar-refractivity contribution in [1.82, 2.24) is 9.88 Å². The first-order valence-electron chi connectivity index (χ1n) is 9.32. The summed E-state index contributed by atoms with van der Waals surface area (Å²) in [6.45, 7) is 4.99. The van der Waals surface area contributed by atoms with Crippen LogP contribution in [0, 0.1) is 6.92 Å². The molecular weight excluding hydrogens is 340 g/mol. The van der Waals surface area contributed by atoms with E-state index in [1.54, 1.807) is 4.90 Å². The van der Waals surface area contributed by atoms with Gasteiger partial charge >= 0.3 is 6.09 Å². The molecule has 1 amide bonds. The Labute approximate surface area is 158 Å². The van der Waals surface area contributed by atoms with Crippen LogP contribution in [-0.2, 0) is 11.2 Å². The van der Waals surface area contributed by atoms with Crippen molar-refractivity contribution in [2.45, 2.75) is 32.4 Å². The highest BCUT2D eigenvalue weighted by Crippen LogP contribution is 2.24. The number of nitrogens with one attached hydrogen (secondary N) is 1. The fraction of sp³-hybridized carbons (Fsp3) is 0.318. The summed E-state index contributed by atoms with van der Waals surface area (Å²) < 4.78 is 11.4. The molecule has 2 atom stereocenters. The molecule has 0 spiro atoms. The van der Waals surface area contributed by atoms with Crippen molar-refractivity contribution in [3.05, 3.63) is 65.9 Å². The van der Waals surface area contributed by atoms with Gasteiger partial charge in [-0.3, -0.25) is 0 Å². The summed E-state index contributed by atoms with van der Waals surface area (Å²) in [5.41, 5.74) is 3.41. The number of hydrogen-bond donors (Lipinski definition) is 1. The lowest BCUT2D eigenvalue weighted by Crippen LogP contribution is -2.36. The van der Waals surface area contributed by atoms with Crippen molar-refractivity contribution in [3.63, 3.8) is 0 Å². The lowest BCUT2D eigenvalue weighted by molar-refractivity contribution is 0.101. The maximum absolute atomic E-state index is 12.3. The van der Waals surface area contributed by atoms with E-state index in [1.807, 2.05) is 49.5 Å².